The molecule has 0 spiro atoms. The van der Waals surface area contributed by atoms with Gasteiger partial charge in [0.1, 0.15) is 0 Å². The first-order chi connectivity index (χ1) is 17.8. The molecular weight excluding hydrogens is 444 g/mol. The molecule has 3 heteroatoms. The van der Waals surface area contributed by atoms with Crippen molar-refractivity contribution in [2.24, 2.45) is 0 Å². The summed E-state index contributed by atoms with van der Waals surface area (Å²) in [6.07, 6.45) is 1.40. The van der Waals surface area contributed by atoms with E-state index in [1.807, 2.05) is 6.07 Å². The van der Waals surface area contributed by atoms with Crippen molar-refractivity contribution in [3.8, 4) is 0 Å². The van der Waals surface area contributed by atoms with Crippen LogP contribution in [0.25, 0.3) is 0 Å². The lowest BCUT2D eigenvalue weighted by Gasteiger charge is -2.32. The predicted molar refractivity (Wildman–Crippen MR) is 144 cm³/mol. The van der Waals surface area contributed by atoms with Crippen LogP contribution in [0.2, 0.25) is 0 Å². The average molecular weight is 479 g/mol. The lowest BCUT2D eigenvalue weighted by atomic mass is 9.80. The number of hydrogen-bond donors (Lipinski definition) is 0. The van der Waals surface area contributed by atoms with Crippen LogP contribution in [0.4, 0.5) is 0 Å². The van der Waals surface area contributed by atoms with Gasteiger partial charge < -0.3 is 14.2 Å². The third-order valence-corrected chi connectivity index (χ3v) is 7.19. The Hall–Kier alpha value is -3.24. The molecule has 0 N–H and O–H groups in total. The van der Waals surface area contributed by atoms with Crippen molar-refractivity contribution >= 4 is 0 Å². The summed E-state index contributed by atoms with van der Waals surface area (Å²) in [5, 5.41) is 0. The Morgan fingerprint density at radius 3 is 1.89 bits per heavy atom. The highest BCUT2D eigenvalue weighted by molar-refractivity contribution is 5.29. The molecule has 0 bridgehead atoms. The fourth-order valence-electron chi connectivity index (χ4n) is 5.36. The maximum atomic E-state index is 6.75. The minimum Gasteiger partial charge on any atom is -0.368 e. The lowest BCUT2D eigenvalue weighted by molar-refractivity contribution is -0.120. The van der Waals surface area contributed by atoms with Crippen LogP contribution in [0.15, 0.2) is 121 Å². The quantitative estimate of drug-likeness (QED) is 0.234. The van der Waals surface area contributed by atoms with E-state index < -0.39 is 0 Å². The summed E-state index contributed by atoms with van der Waals surface area (Å²) in [5.41, 5.74) is 4.91. The normalized spacial score (nSPS) is 21.2. The largest absolute Gasteiger partial charge is 0.368 e. The van der Waals surface area contributed by atoms with Crippen LogP contribution in [0.3, 0.4) is 0 Å². The lowest BCUT2D eigenvalue weighted by Crippen LogP contribution is -2.24. The number of benzene rings is 4. The first-order valence-corrected chi connectivity index (χ1v) is 12.8. The number of rotatable bonds is 10. The van der Waals surface area contributed by atoms with E-state index in [1.165, 1.54) is 22.3 Å². The van der Waals surface area contributed by atoms with Gasteiger partial charge in [-0.15, -0.1) is 0 Å². The van der Waals surface area contributed by atoms with Crippen molar-refractivity contribution in [2.45, 2.75) is 49.8 Å². The summed E-state index contributed by atoms with van der Waals surface area (Å²) in [7, 11) is 1.74. The molecule has 4 aromatic rings. The summed E-state index contributed by atoms with van der Waals surface area (Å²) in [6, 6.07) is 42.4. The van der Waals surface area contributed by atoms with E-state index in [4.69, 9.17) is 14.2 Å². The summed E-state index contributed by atoms with van der Waals surface area (Å²) in [5.74, 6) is 0.386. The van der Waals surface area contributed by atoms with Gasteiger partial charge >= 0.3 is 0 Å². The van der Waals surface area contributed by atoms with E-state index >= 15 is 0 Å². The molecule has 1 saturated heterocycles. The molecule has 1 unspecified atom stereocenters. The molecule has 1 aliphatic heterocycles. The second kappa shape index (κ2) is 12.1. The maximum absolute atomic E-state index is 6.75. The van der Waals surface area contributed by atoms with E-state index in [-0.39, 0.29) is 30.3 Å². The molecule has 0 saturated carbocycles. The average Bonchev–Trinajstić information content (AvgIpc) is 3.38. The number of hydrogen-bond acceptors (Lipinski definition) is 3. The first kappa shape index (κ1) is 24.5. The summed E-state index contributed by atoms with van der Waals surface area (Å²) in [4.78, 5) is 0. The van der Waals surface area contributed by atoms with Crippen LogP contribution < -0.4 is 0 Å². The molecule has 5 atom stereocenters. The zero-order chi connectivity index (χ0) is 24.6. The van der Waals surface area contributed by atoms with Crippen LogP contribution in [-0.2, 0) is 20.8 Å². The van der Waals surface area contributed by atoms with Gasteiger partial charge in [-0.1, -0.05) is 121 Å². The Kier molecular flexibility index (Phi) is 8.24. The van der Waals surface area contributed by atoms with Gasteiger partial charge in [0.2, 0.25) is 0 Å². The van der Waals surface area contributed by atoms with E-state index in [0.717, 1.165) is 12.8 Å². The van der Waals surface area contributed by atoms with Gasteiger partial charge in [0, 0.05) is 25.4 Å². The Morgan fingerprint density at radius 1 is 0.722 bits per heavy atom. The molecule has 0 aromatic heterocycles. The van der Waals surface area contributed by atoms with Crippen LogP contribution in [-0.4, -0.2) is 19.5 Å². The molecule has 0 aliphatic carbocycles. The third kappa shape index (κ3) is 5.93. The summed E-state index contributed by atoms with van der Waals surface area (Å²) < 4.78 is 18.9. The summed E-state index contributed by atoms with van der Waals surface area (Å²) >= 11 is 0. The minimum atomic E-state index is -0.197. The summed E-state index contributed by atoms with van der Waals surface area (Å²) in [6.45, 7) is 0.554. The first-order valence-electron chi connectivity index (χ1n) is 12.8. The van der Waals surface area contributed by atoms with Crippen LogP contribution in [0.1, 0.15) is 53.0 Å². The smallest absolute Gasteiger partial charge is 0.158 e. The van der Waals surface area contributed by atoms with Crippen molar-refractivity contribution in [2.75, 3.05) is 7.11 Å². The Balaban J connectivity index is 1.49. The Bertz CT molecular complexity index is 1160. The molecule has 36 heavy (non-hydrogen) atoms. The number of ether oxygens (including phenoxy) is 3. The van der Waals surface area contributed by atoms with Gasteiger partial charge in [0.15, 0.2) is 6.29 Å². The molecular formula is C33H34O3. The zero-order valence-corrected chi connectivity index (χ0v) is 20.8. The third-order valence-electron chi connectivity index (χ3n) is 7.19. The van der Waals surface area contributed by atoms with Gasteiger partial charge in [0.25, 0.3) is 0 Å². The van der Waals surface area contributed by atoms with Gasteiger partial charge in [-0.2, -0.15) is 0 Å². The zero-order valence-electron chi connectivity index (χ0n) is 20.8. The van der Waals surface area contributed by atoms with E-state index in [2.05, 4.69) is 115 Å². The van der Waals surface area contributed by atoms with E-state index in [1.54, 1.807) is 7.11 Å². The Morgan fingerprint density at radius 2 is 1.28 bits per heavy atom. The van der Waals surface area contributed by atoms with E-state index in [9.17, 15) is 0 Å². The van der Waals surface area contributed by atoms with Gasteiger partial charge in [-0.3, -0.25) is 0 Å². The van der Waals surface area contributed by atoms with Crippen LogP contribution in [0, 0.1) is 0 Å². The van der Waals surface area contributed by atoms with Crippen molar-refractivity contribution in [3.63, 3.8) is 0 Å². The molecule has 0 radical (unpaired) electrons. The second-order valence-corrected chi connectivity index (χ2v) is 9.47. The minimum absolute atomic E-state index is 0.0223. The monoisotopic (exact) mass is 478 g/mol. The topological polar surface area (TPSA) is 27.7 Å². The van der Waals surface area contributed by atoms with Crippen molar-refractivity contribution in [1.29, 1.82) is 0 Å². The molecule has 184 valence electrons. The molecule has 1 aliphatic rings. The molecule has 1 heterocycles. The van der Waals surface area contributed by atoms with Crippen molar-refractivity contribution in [3.05, 3.63) is 144 Å². The van der Waals surface area contributed by atoms with Crippen LogP contribution >= 0.6 is 0 Å². The van der Waals surface area contributed by atoms with E-state index in [0.29, 0.717) is 6.61 Å². The van der Waals surface area contributed by atoms with Gasteiger partial charge in [0.05, 0.1) is 18.8 Å². The standard InChI is InChI=1S/C33H34O3/c1-34-32-23-29(26-16-8-3-9-17-26)31(36-32)22-30(27-18-10-4-11-19-27)33(28-20-12-5-13-21-28)35-24-25-14-6-2-7-15-25/h2-21,29-33H,22-24H2,1H3/t29-,30-,31-,32?,33-/m1/s1. The Labute approximate surface area is 214 Å². The maximum Gasteiger partial charge on any atom is 0.158 e. The highest BCUT2D eigenvalue weighted by Gasteiger charge is 2.40. The SMILES string of the molecule is COC1C[C@H](c2ccccc2)[C@@H](C[C@H](c2ccccc2)[C@H](OCc2ccccc2)c2ccccc2)O1. The van der Waals surface area contributed by atoms with Gasteiger partial charge in [-0.25, -0.2) is 0 Å². The number of methoxy groups -OCH3 is 1. The molecule has 1 fully saturated rings. The van der Waals surface area contributed by atoms with Gasteiger partial charge in [-0.05, 0) is 28.7 Å². The second-order valence-electron chi connectivity index (χ2n) is 9.47. The van der Waals surface area contributed by atoms with Crippen molar-refractivity contribution < 1.29 is 14.2 Å². The van der Waals surface area contributed by atoms with Crippen molar-refractivity contribution in [1.82, 2.24) is 0 Å². The fraction of sp³-hybridized carbons (Fsp3) is 0.273. The predicted octanol–water partition coefficient (Wildman–Crippen LogP) is 7.66. The molecule has 4 aromatic carbocycles. The van der Waals surface area contributed by atoms with Crippen LogP contribution in [0.5, 0.6) is 0 Å². The molecule has 0 amide bonds. The molecule has 3 nitrogen and oxygen atoms in total. The highest BCUT2D eigenvalue weighted by Crippen LogP contribution is 2.45. The highest BCUT2D eigenvalue weighted by atomic mass is 16.7. The fourth-order valence-corrected chi connectivity index (χ4v) is 5.36. The molecule has 5 rings (SSSR count).